The van der Waals surface area contributed by atoms with Gasteiger partial charge < -0.3 is 10.6 Å². The van der Waals surface area contributed by atoms with E-state index in [-0.39, 0.29) is 17.7 Å². The van der Waals surface area contributed by atoms with Crippen LogP contribution in [0.1, 0.15) is 33.1 Å². The minimum Gasteiger partial charge on any atom is -0.370 e. The molecule has 0 bridgehead atoms. The number of piperazine rings is 1. The molecule has 1 heterocycles. The highest BCUT2D eigenvalue weighted by Gasteiger charge is 2.25. The molecule has 2 amide bonds. The Kier molecular flexibility index (Phi) is 6.12. The van der Waals surface area contributed by atoms with Gasteiger partial charge in [0.2, 0.25) is 11.8 Å². The third-order valence-electron chi connectivity index (χ3n) is 3.69. The van der Waals surface area contributed by atoms with Gasteiger partial charge in [0.25, 0.3) is 0 Å². The number of carbonyl (C=O) groups is 2. The fourth-order valence-electron chi connectivity index (χ4n) is 2.36. The van der Waals surface area contributed by atoms with Gasteiger partial charge in [0, 0.05) is 45.1 Å². The van der Waals surface area contributed by atoms with E-state index in [0.29, 0.717) is 13.0 Å². The van der Waals surface area contributed by atoms with Gasteiger partial charge in [-0.15, -0.1) is 0 Å². The van der Waals surface area contributed by atoms with Gasteiger partial charge >= 0.3 is 0 Å². The molecular weight excluding hydrogens is 230 g/mol. The number of amides is 2. The SMILES string of the molecule is CCC(CC)C(=O)N1CCN(CCC(N)=O)CC1. The van der Waals surface area contributed by atoms with Gasteiger partial charge in [-0.1, -0.05) is 13.8 Å². The highest BCUT2D eigenvalue weighted by molar-refractivity contribution is 5.78. The first-order valence-corrected chi connectivity index (χ1v) is 6.87. The third-order valence-corrected chi connectivity index (χ3v) is 3.69. The highest BCUT2D eigenvalue weighted by atomic mass is 16.2. The maximum atomic E-state index is 12.2. The number of primary amides is 1. The highest BCUT2D eigenvalue weighted by Crippen LogP contribution is 2.13. The molecule has 0 aliphatic carbocycles. The second kappa shape index (κ2) is 7.36. The molecule has 1 aliphatic rings. The fraction of sp³-hybridized carbons (Fsp3) is 0.846. The van der Waals surface area contributed by atoms with E-state index >= 15 is 0 Å². The predicted octanol–water partition coefficient (Wildman–Crippen LogP) is 0.442. The first-order valence-electron chi connectivity index (χ1n) is 6.87. The number of nitrogens with two attached hydrogens (primary N) is 1. The van der Waals surface area contributed by atoms with Crippen molar-refractivity contribution < 1.29 is 9.59 Å². The van der Waals surface area contributed by atoms with Gasteiger partial charge in [-0.05, 0) is 12.8 Å². The summed E-state index contributed by atoms with van der Waals surface area (Å²) in [7, 11) is 0. The van der Waals surface area contributed by atoms with Gasteiger partial charge in [-0.2, -0.15) is 0 Å². The molecular formula is C13H25N3O2. The average molecular weight is 255 g/mol. The fourth-order valence-corrected chi connectivity index (χ4v) is 2.36. The van der Waals surface area contributed by atoms with Crippen LogP contribution in [0.15, 0.2) is 0 Å². The van der Waals surface area contributed by atoms with Crippen molar-refractivity contribution in [3.63, 3.8) is 0 Å². The zero-order valence-corrected chi connectivity index (χ0v) is 11.5. The quantitative estimate of drug-likeness (QED) is 0.749. The van der Waals surface area contributed by atoms with Crippen molar-refractivity contribution in [1.82, 2.24) is 9.80 Å². The van der Waals surface area contributed by atoms with Gasteiger partial charge in [-0.3, -0.25) is 14.5 Å². The standard InChI is InChI=1S/C13H25N3O2/c1-3-11(4-2)13(18)16-9-7-15(8-10-16)6-5-12(14)17/h11H,3-10H2,1-2H3,(H2,14,17). The summed E-state index contributed by atoms with van der Waals surface area (Å²) in [5.41, 5.74) is 5.13. The van der Waals surface area contributed by atoms with E-state index < -0.39 is 0 Å². The van der Waals surface area contributed by atoms with Crippen molar-refractivity contribution in [2.45, 2.75) is 33.1 Å². The minimum atomic E-state index is -0.259. The molecule has 5 heteroatoms. The van der Waals surface area contributed by atoms with Gasteiger partial charge in [0.05, 0.1) is 0 Å². The number of nitrogens with zero attached hydrogens (tertiary/aromatic N) is 2. The van der Waals surface area contributed by atoms with E-state index in [4.69, 9.17) is 5.73 Å². The van der Waals surface area contributed by atoms with E-state index in [0.717, 1.165) is 39.0 Å². The largest absolute Gasteiger partial charge is 0.370 e. The van der Waals surface area contributed by atoms with Crippen molar-refractivity contribution in [2.24, 2.45) is 11.7 Å². The van der Waals surface area contributed by atoms with Crippen LogP contribution in [0.3, 0.4) is 0 Å². The Morgan fingerprint density at radius 3 is 2.11 bits per heavy atom. The van der Waals surface area contributed by atoms with Gasteiger partial charge in [-0.25, -0.2) is 0 Å². The van der Waals surface area contributed by atoms with E-state index in [1.54, 1.807) is 0 Å². The number of hydrogen-bond acceptors (Lipinski definition) is 3. The Bertz CT molecular complexity index is 282. The van der Waals surface area contributed by atoms with Crippen molar-refractivity contribution in [3.8, 4) is 0 Å². The van der Waals surface area contributed by atoms with E-state index in [2.05, 4.69) is 18.7 Å². The maximum Gasteiger partial charge on any atom is 0.225 e. The normalized spacial score (nSPS) is 17.2. The molecule has 0 saturated carbocycles. The summed E-state index contributed by atoms with van der Waals surface area (Å²) in [4.78, 5) is 27.0. The van der Waals surface area contributed by atoms with E-state index in [1.165, 1.54) is 0 Å². The summed E-state index contributed by atoms with van der Waals surface area (Å²) in [6, 6.07) is 0. The van der Waals surface area contributed by atoms with Crippen molar-refractivity contribution in [3.05, 3.63) is 0 Å². The summed E-state index contributed by atoms with van der Waals surface area (Å²) in [5.74, 6) is 0.197. The smallest absolute Gasteiger partial charge is 0.225 e. The lowest BCUT2D eigenvalue weighted by molar-refractivity contribution is -0.137. The molecule has 0 aromatic rings. The van der Waals surface area contributed by atoms with Crippen LogP contribution in [0.5, 0.6) is 0 Å². The zero-order chi connectivity index (χ0) is 13.5. The summed E-state index contributed by atoms with van der Waals surface area (Å²) >= 11 is 0. The molecule has 0 aromatic carbocycles. The first-order chi connectivity index (χ1) is 8.58. The van der Waals surface area contributed by atoms with Crippen molar-refractivity contribution >= 4 is 11.8 Å². The van der Waals surface area contributed by atoms with Crippen molar-refractivity contribution in [2.75, 3.05) is 32.7 Å². The maximum absolute atomic E-state index is 12.2. The molecule has 18 heavy (non-hydrogen) atoms. The number of rotatable bonds is 6. The Morgan fingerprint density at radius 1 is 1.11 bits per heavy atom. The van der Waals surface area contributed by atoms with Gasteiger partial charge in [0.1, 0.15) is 0 Å². The summed E-state index contributed by atoms with van der Waals surface area (Å²) < 4.78 is 0. The van der Waals surface area contributed by atoms with Crippen LogP contribution in [-0.2, 0) is 9.59 Å². The Morgan fingerprint density at radius 2 is 1.67 bits per heavy atom. The molecule has 104 valence electrons. The minimum absolute atomic E-state index is 0.169. The van der Waals surface area contributed by atoms with Crippen LogP contribution in [-0.4, -0.2) is 54.3 Å². The van der Waals surface area contributed by atoms with Crippen molar-refractivity contribution in [1.29, 1.82) is 0 Å². The Hall–Kier alpha value is -1.10. The molecule has 0 radical (unpaired) electrons. The van der Waals surface area contributed by atoms with Crippen LogP contribution in [0, 0.1) is 5.92 Å². The second-order valence-electron chi connectivity index (χ2n) is 4.90. The Labute approximate surface area is 109 Å². The molecule has 0 atom stereocenters. The monoisotopic (exact) mass is 255 g/mol. The lowest BCUT2D eigenvalue weighted by Crippen LogP contribution is -2.50. The number of carbonyl (C=O) groups excluding carboxylic acids is 2. The van der Waals surface area contributed by atoms with Crippen LogP contribution in [0.4, 0.5) is 0 Å². The zero-order valence-electron chi connectivity index (χ0n) is 11.5. The summed E-state index contributed by atoms with van der Waals surface area (Å²) in [6.45, 7) is 8.08. The first kappa shape index (κ1) is 15.0. The van der Waals surface area contributed by atoms with E-state index in [1.807, 2.05) is 4.90 Å². The topological polar surface area (TPSA) is 66.6 Å². The molecule has 5 nitrogen and oxygen atoms in total. The molecule has 0 unspecified atom stereocenters. The lowest BCUT2D eigenvalue weighted by Gasteiger charge is -2.36. The molecule has 1 rings (SSSR count). The van der Waals surface area contributed by atoms with Crippen LogP contribution >= 0.6 is 0 Å². The molecule has 1 aliphatic heterocycles. The molecule has 2 N–H and O–H groups in total. The second-order valence-corrected chi connectivity index (χ2v) is 4.90. The molecule has 0 spiro atoms. The van der Waals surface area contributed by atoms with Crippen LogP contribution in [0.2, 0.25) is 0 Å². The van der Waals surface area contributed by atoms with Crippen LogP contribution in [0.25, 0.3) is 0 Å². The summed E-state index contributed by atoms with van der Waals surface area (Å²) in [6.07, 6.45) is 2.23. The lowest BCUT2D eigenvalue weighted by atomic mass is 10.0. The van der Waals surface area contributed by atoms with Gasteiger partial charge in [0.15, 0.2) is 0 Å². The molecule has 1 saturated heterocycles. The molecule has 0 aromatic heterocycles. The molecule has 1 fully saturated rings. The van der Waals surface area contributed by atoms with E-state index in [9.17, 15) is 9.59 Å². The average Bonchev–Trinajstić information content (AvgIpc) is 2.38. The summed E-state index contributed by atoms with van der Waals surface area (Å²) in [5, 5.41) is 0. The number of hydrogen-bond donors (Lipinski definition) is 1. The predicted molar refractivity (Wildman–Crippen MR) is 70.9 cm³/mol. The third kappa shape index (κ3) is 4.29. The van der Waals surface area contributed by atoms with Crippen LogP contribution < -0.4 is 5.73 Å². The Balaban J connectivity index is 2.34.